The first-order valence-electron chi connectivity index (χ1n) is 10.9. The molecule has 1 fully saturated rings. The summed E-state index contributed by atoms with van der Waals surface area (Å²) in [5, 5.41) is 9.14. The van der Waals surface area contributed by atoms with Crippen molar-refractivity contribution in [3.05, 3.63) is 70.8 Å². The molecule has 1 aliphatic rings. The first-order chi connectivity index (χ1) is 16.1. The zero-order valence-electron chi connectivity index (χ0n) is 19.1. The summed E-state index contributed by atoms with van der Waals surface area (Å²) in [5.74, 6) is 1.77. The van der Waals surface area contributed by atoms with Gasteiger partial charge in [-0.05, 0) is 42.0 Å². The average molecular weight is 469 g/mol. The Balaban J connectivity index is 1.63. The van der Waals surface area contributed by atoms with Crippen molar-refractivity contribution < 1.29 is 28.3 Å². The van der Waals surface area contributed by atoms with Gasteiger partial charge in [0.05, 0.1) is 13.1 Å². The topological polar surface area (TPSA) is 77.9 Å². The minimum atomic E-state index is -2.58. The zero-order chi connectivity index (χ0) is 24.9. The van der Waals surface area contributed by atoms with Gasteiger partial charge >= 0.3 is 0 Å². The molecule has 2 aromatic carbocycles. The molecule has 0 radical (unpaired) electrons. The second kappa shape index (κ2) is 10.7. The third kappa shape index (κ3) is 6.13. The van der Waals surface area contributed by atoms with E-state index >= 15 is 0 Å². The number of carbonyl (C=O) groups is 3. The van der Waals surface area contributed by atoms with Gasteiger partial charge in [-0.1, -0.05) is 30.9 Å². The van der Waals surface area contributed by atoms with E-state index in [2.05, 4.69) is 11.8 Å². The van der Waals surface area contributed by atoms with Crippen molar-refractivity contribution in [3.63, 3.8) is 0 Å². The van der Waals surface area contributed by atoms with Gasteiger partial charge in [0.2, 0.25) is 0 Å². The summed E-state index contributed by atoms with van der Waals surface area (Å²) >= 11 is 0. The molecule has 6 nitrogen and oxygen atoms in total. The van der Waals surface area contributed by atoms with Crippen LogP contribution in [0.5, 0.6) is 0 Å². The van der Waals surface area contributed by atoms with Crippen molar-refractivity contribution in [2.45, 2.75) is 31.9 Å². The Bertz CT molecular complexity index is 1090. The summed E-state index contributed by atoms with van der Waals surface area (Å²) in [4.78, 5) is 39.5. The highest BCUT2D eigenvalue weighted by atomic mass is 19.3. The summed E-state index contributed by atoms with van der Waals surface area (Å²) in [6.07, 6.45) is 0.0672. The zero-order valence-corrected chi connectivity index (χ0v) is 19.1. The van der Waals surface area contributed by atoms with Gasteiger partial charge in [0.25, 0.3) is 11.8 Å². The molecule has 1 amide bonds. The average Bonchev–Trinajstić information content (AvgIpc) is 2.82. The van der Waals surface area contributed by atoms with Crippen LogP contribution in [0, 0.1) is 11.8 Å². The molecule has 178 valence electrons. The number of Topliss-reactive ketones (excluding diaryl/α,β-unsaturated/α-hetero) is 2. The molecule has 2 aromatic rings. The first-order valence-corrected chi connectivity index (χ1v) is 10.9. The van der Waals surface area contributed by atoms with Crippen molar-refractivity contribution in [1.82, 2.24) is 9.80 Å². The Morgan fingerprint density at radius 3 is 2.00 bits per heavy atom. The monoisotopic (exact) mass is 468 g/mol. The Labute approximate surface area is 197 Å². The van der Waals surface area contributed by atoms with Crippen LogP contribution in [0.2, 0.25) is 0 Å². The fourth-order valence-electron chi connectivity index (χ4n) is 3.72. The van der Waals surface area contributed by atoms with E-state index in [0.717, 1.165) is 16.0 Å². The molecule has 1 unspecified atom stereocenters. The highest BCUT2D eigenvalue weighted by molar-refractivity contribution is 6.10. The number of aliphatic hydroxyl groups is 1. The second-order valence-electron chi connectivity index (χ2n) is 8.29. The van der Waals surface area contributed by atoms with E-state index in [1.807, 2.05) is 24.3 Å². The van der Waals surface area contributed by atoms with Gasteiger partial charge in [-0.25, -0.2) is 8.78 Å². The van der Waals surface area contributed by atoms with Crippen molar-refractivity contribution in [1.29, 1.82) is 0 Å². The number of benzene rings is 2. The Kier molecular flexibility index (Phi) is 7.92. The number of hydrogen-bond donors (Lipinski definition) is 1. The van der Waals surface area contributed by atoms with Crippen LogP contribution < -0.4 is 0 Å². The Morgan fingerprint density at radius 1 is 1.00 bits per heavy atom. The van der Waals surface area contributed by atoms with Gasteiger partial charge in [0.1, 0.15) is 6.61 Å². The summed E-state index contributed by atoms with van der Waals surface area (Å²) in [5.41, 5.74) is 2.65. The molecule has 0 aliphatic carbocycles. The number of likely N-dealkylation sites (N-methyl/N-ethyl adjacent to an activating group) is 1. The second-order valence-corrected chi connectivity index (χ2v) is 8.29. The quantitative estimate of drug-likeness (QED) is 0.476. The summed E-state index contributed by atoms with van der Waals surface area (Å²) in [6.45, 7) is 0.818. The molecule has 1 atom stereocenters. The molecule has 0 aromatic heterocycles. The summed E-state index contributed by atoms with van der Waals surface area (Å²) in [6, 6.07) is 12.5. The number of rotatable bonds is 8. The van der Waals surface area contributed by atoms with Crippen molar-refractivity contribution >= 4 is 17.5 Å². The van der Waals surface area contributed by atoms with E-state index in [1.54, 1.807) is 36.1 Å². The number of alkyl halides is 2. The molecule has 34 heavy (non-hydrogen) atoms. The molecule has 8 heteroatoms. The minimum absolute atomic E-state index is 0.0672. The number of nitrogens with zero attached hydrogens (tertiary/aromatic N) is 2. The molecule has 1 N–H and O–H groups in total. The highest BCUT2D eigenvalue weighted by Gasteiger charge is 2.43. The highest BCUT2D eigenvalue weighted by Crippen LogP contribution is 2.27. The number of likely N-dealkylation sites (tertiary alicyclic amines) is 1. The predicted molar refractivity (Wildman–Crippen MR) is 122 cm³/mol. The third-order valence-corrected chi connectivity index (χ3v) is 5.57. The third-order valence-electron chi connectivity index (χ3n) is 5.57. The lowest BCUT2D eigenvalue weighted by atomic mass is 10.0. The van der Waals surface area contributed by atoms with Gasteiger partial charge in [-0.15, -0.1) is 0 Å². The van der Waals surface area contributed by atoms with Crippen molar-refractivity contribution in [3.8, 4) is 11.8 Å². The lowest BCUT2D eigenvalue weighted by molar-refractivity contribution is -0.135. The van der Waals surface area contributed by atoms with Crippen LogP contribution in [-0.2, 0) is 16.1 Å². The normalized spacial score (nSPS) is 15.4. The van der Waals surface area contributed by atoms with Gasteiger partial charge in [0.15, 0.2) is 17.6 Å². The maximum atomic E-state index is 12.9. The lowest BCUT2D eigenvalue weighted by Gasteiger charge is -2.38. The maximum Gasteiger partial charge on any atom is 0.272 e. The SMILES string of the molecule is CCC(=O)C(C(=O)CO)N(C)C(=O)c1ccc(C#Cc2ccc(CN3CC(F)(F)C3)cc2)cc1. The summed E-state index contributed by atoms with van der Waals surface area (Å²) in [7, 11) is 1.36. The lowest BCUT2D eigenvalue weighted by Crippen LogP contribution is -2.55. The van der Waals surface area contributed by atoms with E-state index in [9.17, 15) is 23.2 Å². The number of carbonyl (C=O) groups excluding carboxylic acids is 3. The predicted octanol–water partition coefficient (Wildman–Crippen LogP) is 2.52. The first kappa shape index (κ1) is 25.2. The molecule has 0 bridgehead atoms. The van der Waals surface area contributed by atoms with Crippen LogP contribution in [0.15, 0.2) is 48.5 Å². The number of ketones is 2. The van der Waals surface area contributed by atoms with Gasteiger partial charge < -0.3 is 10.0 Å². The van der Waals surface area contributed by atoms with Crippen LogP contribution in [-0.4, -0.2) is 71.1 Å². The Hall–Kier alpha value is -3.41. The molecule has 1 saturated heterocycles. The maximum absolute atomic E-state index is 12.9. The molecular formula is C26H26F2N2O4. The van der Waals surface area contributed by atoms with E-state index in [4.69, 9.17) is 5.11 Å². The number of aliphatic hydroxyl groups excluding tert-OH is 1. The largest absolute Gasteiger partial charge is 0.388 e. The molecule has 1 aliphatic heterocycles. The Morgan fingerprint density at radius 2 is 1.53 bits per heavy atom. The van der Waals surface area contributed by atoms with Crippen molar-refractivity contribution in [2.24, 2.45) is 0 Å². The van der Waals surface area contributed by atoms with Crippen LogP contribution >= 0.6 is 0 Å². The van der Waals surface area contributed by atoms with Gasteiger partial charge in [-0.3, -0.25) is 19.3 Å². The number of amides is 1. The number of hydrogen-bond acceptors (Lipinski definition) is 5. The van der Waals surface area contributed by atoms with Crippen LogP contribution in [0.4, 0.5) is 8.78 Å². The summed E-state index contributed by atoms with van der Waals surface area (Å²) < 4.78 is 25.9. The van der Waals surface area contributed by atoms with E-state index in [-0.39, 0.29) is 25.1 Å². The molecule has 0 spiro atoms. The fourth-order valence-corrected chi connectivity index (χ4v) is 3.72. The smallest absolute Gasteiger partial charge is 0.272 e. The van der Waals surface area contributed by atoms with Crippen molar-refractivity contribution in [2.75, 3.05) is 26.7 Å². The minimum Gasteiger partial charge on any atom is -0.388 e. The van der Waals surface area contributed by atoms with Gasteiger partial charge in [0, 0.05) is 36.7 Å². The van der Waals surface area contributed by atoms with Crippen LogP contribution in [0.1, 0.15) is 40.4 Å². The number of halogens is 2. The standard InChI is InChI=1S/C26H26F2N2O4/c1-3-22(32)24(23(33)15-31)29(2)25(34)21-12-10-19(11-13-21)5-4-18-6-8-20(9-7-18)14-30-16-26(27,28)17-30/h6-13,24,31H,3,14-17H2,1-2H3. The molecule has 1 heterocycles. The van der Waals surface area contributed by atoms with E-state index in [0.29, 0.717) is 12.1 Å². The molecular weight excluding hydrogens is 442 g/mol. The van der Waals surface area contributed by atoms with Gasteiger partial charge in [-0.2, -0.15) is 0 Å². The van der Waals surface area contributed by atoms with Crippen LogP contribution in [0.3, 0.4) is 0 Å². The van der Waals surface area contributed by atoms with E-state index in [1.165, 1.54) is 7.05 Å². The van der Waals surface area contributed by atoms with Crippen LogP contribution in [0.25, 0.3) is 0 Å². The molecule has 0 saturated carbocycles. The molecule has 3 rings (SSSR count). The fraction of sp³-hybridized carbons (Fsp3) is 0.346. The van der Waals surface area contributed by atoms with E-state index < -0.39 is 36.0 Å².